The Morgan fingerprint density at radius 2 is 1.86 bits per heavy atom. The Morgan fingerprint density at radius 3 is 2.48 bits per heavy atom. The number of para-hydroxylation sites is 1. The number of rotatable bonds is 3. The van der Waals surface area contributed by atoms with Gasteiger partial charge >= 0.3 is 0 Å². The lowest BCUT2D eigenvalue weighted by atomic mass is 10.1. The van der Waals surface area contributed by atoms with Crippen molar-refractivity contribution in [2.75, 3.05) is 31.1 Å². The molecule has 3 rings (SSSR count). The van der Waals surface area contributed by atoms with Gasteiger partial charge in [0.2, 0.25) is 0 Å². The van der Waals surface area contributed by atoms with E-state index in [9.17, 15) is 0 Å². The lowest BCUT2D eigenvalue weighted by Crippen LogP contribution is -2.46. The molecule has 112 valence electrons. The second-order valence-electron chi connectivity index (χ2n) is 5.52. The van der Waals surface area contributed by atoms with Gasteiger partial charge in [-0.3, -0.25) is 4.90 Å². The van der Waals surface area contributed by atoms with Crippen LogP contribution in [0.2, 0.25) is 5.02 Å². The summed E-state index contributed by atoms with van der Waals surface area (Å²) in [6.07, 6.45) is 0. The number of hydrogen-bond donors (Lipinski definition) is 0. The minimum atomic E-state index is 0.830. The molecule has 0 unspecified atom stereocenters. The van der Waals surface area contributed by atoms with Crippen molar-refractivity contribution in [3.63, 3.8) is 0 Å². The molecule has 1 aromatic heterocycles. The summed E-state index contributed by atoms with van der Waals surface area (Å²) in [5, 5.41) is 4.86. The second kappa shape index (κ2) is 6.08. The van der Waals surface area contributed by atoms with E-state index in [2.05, 4.69) is 21.0 Å². The highest BCUT2D eigenvalue weighted by atomic mass is 35.5. The monoisotopic (exact) mass is 305 g/mol. The van der Waals surface area contributed by atoms with Crippen LogP contribution < -0.4 is 4.90 Å². The number of hydrogen-bond acceptors (Lipinski definition) is 4. The molecule has 4 nitrogen and oxygen atoms in total. The van der Waals surface area contributed by atoms with Gasteiger partial charge in [-0.05, 0) is 26.0 Å². The lowest BCUT2D eigenvalue weighted by molar-refractivity contribution is 0.248. The first-order valence-corrected chi connectivity index (χ1v) is 7.66. The predicted molar refractivity (Wildman–Crippen MR) is 84.9 cm³/mol. The molecule has 1 fully saturated rings. The number of nitrogens with zero attached hydrogens (tertiary/aromatic N) is 3. The van der Waals surface area contributed by atoms with Gasteiger partial charge in [0.15, 0.2) is 0 Å². The Bertz CT molecular complexity index is 598. The zero-order valence-electron chi connectivity index (χ0n) is 12.5. The Morgan fingerprint density at radius 1 is 1.14 bits per heavy atom. The van der Waals surface area contributed by atoms with E-state index >= 15 is 0 Å². The molecule has 1 saturated heterocycles. The third kappa shape index (κ3) is 3.06. The van der Waals surface area contributed by atoms with Crippen LogP contribution in [0.25, 0.3) is 0 Å². The minimum absolute atomic E-state index is 0.830. The maximum Gasteiger partial charge on any atom is 0.138 e. The number of anilines is 1. The smallest absolute Gasteiger partial charge is 0.138 e. The maximum atomic E-state index is 6.27. The van der Waals surface area contributed by atoms with Crippen LogP contribution in [-0.2, 0) is 6.54 Å². The molecule has 1 aromatic carbocycles. The van der Waals surface area contributed by atoms with E-state index in [0.29, 0.717) is 0 Å². The van der Waals surface area contributed by atoms with Gasteiger partial charge in [-0.1, -0.05) is 28.9 Å². The summed E-state index contributed by atoms with van der Waals surface area (Å²) in [7, 11) is 0. The van der Waals surface area contributed by atoms with Gasteiger partial charge in [-0.15, -0.1) is 0 Å². The Hall–Kier alpha value is -1.52. The number of benzene rings is 1. The summed E-state index contributed by atoms with van der Waals surface area (Å²) in [4.78, 5) is 4.80. The average Bonchev–Trinajstić information content (AvgIpc) is 2.81. The fraction of sp³-hybridized carbons (Fsp3) is 0.438. The van der Waals surface area contributed by atoms with E-state index < -0.39 is 0 Å². The lowest BCUT2D eigenvalue weighted by Gasteiger charge is -2.36. The molecule has 0 N–H and O–H groups in total. The van der Waals surface area contributed by atoms with Gasteiger partial charge in [0.1, 0.15) is 5.76 Å². The molecule has 1 aliphatic rings. The molecule has 21 heavy (non-hydrogen) atoms. The second-order valence-corrected chi connectivity index (χ2v) is 5.92. The topological polar surface area (TPSA) is 32.5 Å². The fourth-order valence-corrected chi connectivity index (χ4v) is 3.06. The SMILES string of the molecule is Cc1noc(C)c1CN1CCN(c2ccccc2Cl)CC1. The van der Waals surface area contributed by atoms with Crippen molar-refractivity contribution in [1.82, 2.24) is 10.1 Å². The van der Waals surface area contributed by atoms with Crippen molar-refractivity contribution in [2.45, 2.75) is 20.4 Å². The molecule has 0 saturated carbocycles. The molecule has 0 spiro atoms. The van der Waals surface area contributed by atoms with Crippen LogP contribution in [0, 0.1) is 13.8 Å². The highest BCUT2D eigenvalue weighted by Crippen LogP contribution is 2.26. The van der Waals surface area contributed by atoms with Crippen molar-refractivity contribution in [1.29, 1.82) is 0 Å². The van der Waals surface area contributed by atoms with E-state index in [1.165, 1.54) is 5.56 Å². The largest absolute Gasteiger partial charge is 0.368 e. The summed E-state index contributed by atoms with van der Waals surface area (Å²) in [5.74, 6) is 0.932. The van der Waals surface area contributed by atoms with Gasteiger partial charge in [-0.2, -0.15) is 0 Å². The summed E-state index contributed by atoms with van der Waals surface area (Å²) < 4.78 is 5.24. The van der Waals surface area contributed by atoms with Crippen molar-refractivity contribution in [3.8, 4) is 0 Å². The van der Waals surface area contributed by atoms with E-state index in [-0.39, 0.29) is 0 Å². The molecular formula is C16H20ClN3O. The molecule has 0 atom stereocenters. The van der Waals surface area contributed by atoms with Crippen molar-refractivity contribution in [2.24, 2.45) is 0 Å². The summed E-state index contributed by atoms with van der Waals surface area (Å²) in [5.41, 5.74) is 3.36. The van der Waals surface area contributed by atoms with Crippen LogP contribution in [0.4, 0.5) is 5.69 Å². The standard InChI is InChI=1S/C16H20ClN3O/c1-12-14(13(2)21-18-12)11-19-7-9-20(10-8-19)16-6-4-3-5-15(16)17/h3-6H,7-11H2,1-2H3. The highest BCUT2D eigenvalue weighted by molar-refractivity contribution is 6.33. The predicted octanol–water partition coefficient (Wildman–Crippen LogP) is 3.27. The molecule has 0 radical (unpaired) electrons. The normalized spacial score (nSPS) is 16.4. The molecule has 0 aliphatic carbocycles. The molecule has 0 amide bonds. The molecule has 1 aliphatic heterocycles. The van der Waals surface area contributed by atoms with E-state index in [4.69, 9.17) is 16.1 Å². The Kier molecular flexibility index (Phi) is 4.17. The molecule has 2 aromatic rings. The number of halogens is 1. The minimum Gasteiger partial charge on any atom is -0.368 e. The number of aromatic nitrogens is 1. The van der Waals surface area contributed by atoms with Gasteiger partial charge < -0.3 is 9.42 Å². The van der Waals surface area contributed by atoms with Gasteiger partial charge in [0.25, 0.3) is 0 Å². The maximum absolute atomic E-state index is 6.27. The average molecular weight is 306 g/mol. The first kappa shape index (κ1) is 14.4. The summed E-state index contributed by atoms with van der Waals surface area (Å²) >= 11 is 6.27. The van der Waals surface area contributed by atoms with Crippen LogP contribution in [0.3, 0.4) is 0 Å². The molecular weight excluding hydrogens is 286 g/mol. The quantitative estimate of drug-likeness (QED) is 0.871. The van der Waals surface area contributed by atoms with Crippen LogP contribution in [0.1, 0.15) is 17.0 Å². The van der Waals surface area contributed by atoms with Crippen LogP contribution in [-0.4, -0.2) is 36.2 Å². The summed E-state index contributed by atoms with van der Waals surface area (Å²) in [6, 6.07) is 8.05. The Balaban J connectivity index is 1.62. The van der Waals surface area contributed by atoms with Gasteiger partial charge in [-0.25, -0.2) is 0 Å². The van der Waals surface area contributed by atoms with Crippen molar-refractivity contribution >= 4 is 17.3 Å². The third-order valence-corrected chi connectivity index (χ3v) is 4.45. The van der Waals surface area contributed by atoms with Gasteiger partial charge in [0.05, 0.1) is 16.4 Å². The molecule has 2 heterocycles. The van der Waals surface area contributed by atoms with Crippen molar-refractivity contribution < 1.29 is 4.52 Å². The van der Waals surface area contributed by atoms with Crippen LogP contribution in [0.15, 0.2) is 28.8 Å². The van der Waals surface area contributed by atoms with Crippen LogP contribution >= 0.6 is 11.6 Å². The fourth-order valence-electron chi connectivity index (χ4n) is 2.81. The number of aryl methyl sites for hydroxylation is 2. The highest BCUT2D eigenvalue weighted by Gasteiger charge is 2.20. The van der Waals surface area contributed by atoms with Crippen molar-refractivity contribution in [3.05, 3.63) is 46.3 Å². The zero-order chi connectivity index (χ0) is 14.8. The first-order valence-electron chi connectivity index (χ1n) is 7.28. The van der Waals surface area contributed by atoms with E-state index in [1.54, 1.807) is 0 Å². The molecule has 5 heteroatoms. The third-order valence-electron chi connectivity index (χ3n) is 4.13. The van der Waals surface area contributed by atoms with Gasteiger partial charge in [0, 0.05) is 38.3 Å². The van der Waals surface area contributed by atoms with E-state index in [0.717, 1.165) is 54.9 Å². The summed E-state index contributed by atoms with van der Waals surface area (Å²) in [6.45, 7) is 8.93. The zero-order valence-corrected chi connectivity index (χ0v) is 13.2. The van der Waals surface area contributed by atoms with E-state index in [1.807, 2.05) is 32.0 Å². The Labute approximate surface area is 130 Å². The van der Waals surface area contributed by atoms with Crippen LogP contribution in [0.5, 0.6) is 0 Å². The molecule has 0 bridgehead atoms. The number of piperazine rings is 1. The first-order chi connectivity index (χ1) is 10.1.